The Labute approximate surface area is 127 Å². The predicted octanol–water partition coefficient (Wildman–Crippen LogP) is 0.124. The standard InChI is InChI=1S/C13H21N5O2S/c1-8-6-17(4-5-20-8)12(19)10-11(15)16-13(21-10)18-3-2-9(14)7-18/h8-9H,2-7,14-15H2,1H3. The van der Waals surface area contributed by atoms with Crippen LogP contribution in [0.15, 0.2) is 0 Å². The van der Waals surface area contributed by atoms with Crippen LogP contribution in [0.1, 0.15) is 23.0 Å². The fourth-order valence-corrected chi connectivity index (χ4v) is 3.70. The number of morpholine rings is 1. The van der Waals surface area contributed by atoms with Crippen LogP contribution in [0, 0.1) is 0 Å². The van der Waals surface area contributed by atoms with Crippen molar-refractivity contribution in [3.05, 3.63) is 4.88 Å². The van der Waals surface area contributed by atoms with E-state index in [4.69, 9.17) is 16.2 Å². The monoisotopic (exact) mass is 311 g/mol. The Morgan fingerprint density at radius 2 is 2.24 bits per heavy atom. The molecule has 8 heteroatoms. The maximum absolute atomic E-state index is 12.6. The van der Waals surface area contributed by atoms with E-state index in [1.54, 1.807) is 4.90 Å². The molecule has 1 aromatic rings. The minimum Gasteiger partial charge on any atom is -0.382 e. The molecule has 2 saturated heterocycles. The molecule has 0 aliphatic carbocycles. The van der Waals surface area contributed by atoms with Crippen LogP contribution in [0.4, 0.5) is 10.9 Å². The number of nitrogen functional groups attached to an aromatic ring is 1. The van der Waals surface area contributed by atoms with Gasteiger partial charge in [0.05, 0.1) is 12.7 Å². The van der Waals surface area contributed by atoms with Crippen molar-refractivity contribution in [1.29, 1.82) is 0 Å². The molecule has 4 N–H and O–H groups in total. The number of ether oxygens (including phenoxy) is 1. The highest BCUT2D eigenvalue weighted by Crippen LogP contribution is 2.31. The van der Waals surface area contributed by atoms with Crippen molar-refractivity contribution in [1.82, 2.24) is 9.88 Å². The highest BCUT2D eigenvalue weighted by molar-refractivity contribution is 7.18. The number of anilines is 2. The fourth-order valence-electron chi connectivity index (χ4n) is 2.72. The predicted molar refractivity (Wildman–Crippen MR) is 82.6 cm³/mol. The maximum Gasteiger partial charge on any atom is 0.268 e. The van der Waals surface area contributed by atoms with Crippen molar-refractivity contribution in [2.45, 2.75) is 25.5 Å². The van der Waals surface area contributed by atoms with E-state index >= 15 is 0 Å². The zero-order valence-corrected chi connectivity index (χ0v) is 12.9. The molecule has 3 rings (SSSR count). The van der Waals surface area contributed by atoms with E-state index in [1.165, 1.54) is 11.3 Å². The number of carbonyl (C=O) groups is 1. The average Bonchev–Trinajstić information content (AvgIpc) is 3.04. The van der Waals surface area contributed by atoms with E-state index in [9.17, 15) is 4.79 Å². The summed E-state index contributed by atoms with van der Waals surface area (Å²) in [5.74, 6) is 0.273. The molecule has 116 valence electrons. The number of carbonyl (C=O) groups excluding carboxylic acids is 1. The molecular formula is C13H21N5O2S. The second kappa shape index (κ2) is 5.78. The van der Waals surface area contributed by atoms with Crippen molar-refractivity contribution in [3.8, 4) is 0 Å². The number of nitrogens with zero attached hydrogens (tertiary/aromatic N) is 3. The largest absolute Gasteiger partial charge is 0.382 e. The zero-order valence-electron chi connectivity index (χ0n) is 12.1. The number of nitrogens with two attached hydrogens (primary N) is 2. The normalized spacial score (nSPS) is 26.4. The third-order valence-corrected chi connectivity index (χ3v) is 4.98. The van der Waals surface area contributed by atoms with Crippen LogP contribution in [-0.2, 0) is 4.74 Å². The highest BCUT2D eigenvalue weighted by Gasteiger charge is 2.29. The molecule has 0 spiro atoms. The summed E-state index contributed by atoms with van der Waals surface area (Å²) in [5, 5.41) is 0.796. The van der Waals surface area contributed by atoms with E-state index in [-0.39, 0.29) is 18.1 Å². The van der Waals surface area contributed by atoms with Gasteiger partial charge >= 0.3 is 0 Å². The molecule has 0 saturated carbocycles. The molecule has 2 fully saturated rings. The molecule has 2 aliphatic rings. The van der Waals surface area contributed by atoms with Gasteiger partial charge < -0.3 is 26.0 Å². The first-order valence-electron chi connectivity index (χ1n) is 7.22. The molecule has 2 atom stereocenters. The van der Waals surface area contributed by atoms with Gasteiger partial charge in [0.2, 0.25) is 0 Å². The van der Waals surface area contributed by atoms with Gasteiger partial charge in [0.15, 0.2) is 5.13 Å². The van der Waals surface area contributed by atoms with Gasteiger partial charge in [-0.2, -0.15) is 0 Å². The van der Waals surface area contributed by atoms with E-state index in [1.807, 2.05) is 6.92 Å². The van der Waals surface area contributed by atoms with Crippen LogP contribution in [0.5, 0.6) is 0 Å². The average molecular weight is 311 g/mol. The second-order valence-electron chi connectivity index (χ2n) is 5.64. The van der Waals surface area contributed by atoms with Crippen LogP contribution in [0.3, 0.4) is 0 Å². The van der Waals surface area contributed by atoms with Gasteiger partial charge in [0, 0.05) is 32.2 Å². The fraction of sp³-hybridized carbons (Fsp3) is 0.692. The molecule has 3 heterocycles. The third kappa shape index (κ3) is 2.97. The van der Waals surface area contributed by atoms with Crippen molar-refractivity contribution in [3.63, 3.8) is 0 Å². The lowest BCUT2D eigenvalue weighted by atomic mass is 10.3. The molecular weight excluding hydrogens is 290 g/mol. The number of hydrogen-bond acceptors (Lipinski definition) is 7. The Morgan fingerprint density at radius 3 is 2.90 bits per heavy atom. The first kappa shape index (κ1) is 14.6. The molecule has 1 amide bonds. The van der Waals surface area contributed by atoms with E-state index in [0.29, 0.717) is 30.4 Å². The molecule has 2 aliphatic heterocycles. The summed E-state index contributed by atoms with van der Waals surface area (Å²) in [4.78, 5) is 21.3. The van der Waals surface area contributed by atoms with Gasteiger partial charge in [-0.1, -0.05) is 11.3 Å². The Hall–Kier alpha value is -1.38. The Morgan fingerprint density at radius 1 is 1.43 bits per heavy atom. The molecule has 21 heavy (non-hydrogen) atoms. The first-order valence-corrected chi connectivity index (χ1v) is 8.04. The number of hydrogen-bond donors (Lipinski definition) is 2. The van der Waals surface area contributed by atoms with Crippen LogP contribution in [-0.4, -0.2) is 60.7 Å². The molecule has 0 radical (unpaired) electrons. The summed E-state index contributed by atoms with van der Waals surface area (Å²) in [6.45, 7) is 5.38. The minimum atomic E-state index is -0.0464. The van der Waals surface area contributed by atoms with Crippen LogP contribution >= 0.6 is 11.3 Å². The first-order chi connectivity index (χ1) is 10.0. The van der Waals surface area contributed by atoms with Crippen molar-refractivity contribution >= 4 is 28.2 Å². The van der Waals surface area contributed by atoms with E-state index < -0.39 is 0 Å². The Bertz CT molecular complexity index is 535. The van der Waals surface area contributed by atoms with Crippen molar-refractivity contribution < 1.29 is 9.53 Å². The van der Waals surface area contributed by atoms with Gasteiger partial charge in [-0.15, -0.1) is 0 Å². The number of amides is 1. The summed E-state index contributed by atoms with van der Waals surface area (Å²) < 4.78 is 5.46. The lowest BCUT2D eigenvalue weighted by Crippen LogP contribution is -2.44. The topological polar surface area (TPSA) is 97.7 Å². The van der Waals surface area contributed by atoms with Crippen LogP contribution in [0.25, 0.3) is 0 Å². The lowest BCUT2D eigenvalue weighted by Gasteiger charge is -2.30. The smallest absolute Gasteiger partial charge is 0.268 e. The van der Waals surface area contributed by atoms with E-state index in [0.717, 1.165) is 24.6 Å². The van der Waals surface area contributed by atoms with Gasteiger partial charge in [0.25, 0.3) is 5.91 Å². The van der Waals surface area contributed by atoms with Gasteiger partial charge in [-0.25, -0.2) is 4.98 Å². The number of rotatable bonds is 2. The van der Waals surface area contributed by atoms with Crippen molar-refractivity contribution in [2.75, 3.05) is 43.4 Å². The zero-order chi connectivity index (χ0) is 15.0. The summed E-state index contributed by atoms with van der Waals surface area (Å²) in [6, 6.07) is 0.175. The summed E-state index contributed by atoms with van der Waals surface area (Å²) >= 11 is 1.36. The Kier molecular flexibility index (Phi) is 4.01. The number of aromatic nitrogens is 1. The quantitative estimate of drug-likeness (QED) is 0.805. The van der Waals surface area contributed by atoms with E-state index in [2.05, 4.69) is 9.88 Å². The SMILES string of the molecule is CC1CN(C(=O)c2sc(N3CCC(N)C3)nc2N)CCO1. The third-order valence-electron chi connectivity index (χ3n) is 3.86. The van der Waals surface area contributed by atoms with Crippen LogP contribution in [0.2, 0.25) is 0 Å². The number of thiazole rings is 1. The minimum absolute atomic E-state index is 0.0464. The highest BCUT2D eigenvalue weighted by atomic mass is 32.1. The van der Waals surface area contributed by atoms with Gasteiger partial charge in [0.1, 0.15) is 10.7 Å². The molecule has 2 unspecified atom stereocenters. The summed E-state index contributed by atoms with van der Waals surface area (Å²) in [5.41, 5.74) is 11.9. The van der Waals surface area contributed by atoms with Gasteiger partial charge in [-0.3, -0.25) is 4.79 Å². The van der Waals surface area contributed by atoms with Gasteiger partial charge in [-0.05, 0) is 13.3 Å². The molecule has 0 bridgehead atoms. The van der Waals surface area contributed by atoms with Crippen molar-refractivity contribution in [2.24, 2.45) is 5.73 Å². The summed E-state index contributed by atoms with van der Waals surface area (Å²) in [6.07, 6.45) is 1.01. The molecule has 0 aromatic carbocycles. The molecule has 7 nitrogen and oxygen atoms in total. The second-order valence-corrected chi connectivity index (χ2v) is 6.62. The molecule has 1 aromatic heterocycles. The lowest BCUT2D eigenvalue weighted by molar-refractivity contribution is -0.0122. The Balaban J connectivity index is 1.76. The van der Waals surface area contributed by atoms with Crippen LogP contribution < -0.4 is 16.4 Å². The maximum atomic E-state index is 12.6. The summed E-state index contributed by atoms with van der Waals surface area (Å²) in [7, 11) is 0.